The number of aromatic nitrogens is 2. The Bertz CT molecular complexity index is 750. The number of benzene rings is 1. The Labute approximate surface area is 150 Å². The summed E-state index contributed by atoms with van der Waals surface area (Å²) in [7, 11) is 0. The van der Waals surface area contributed by atoms with Crippen molar-refractivity contribution in [2.45, 2.75) is 25.3 Å². The van der Waals surface area contributed by atoms with Crippen molar-refractivity contribution in [3.05, 3.63) is 52.5 Å². The van der Waals surface area contributed by atoms with Crippen LogP contribution in [0.2, 0.25) is 0 Å². The van der Waals surface area contributed by atoms with E-state index in [0.29, 0.717) is 6.42 Å². The van der Waals surface area contributed by atoms with Gasteiger partial charge in [-0.1, -0.05) is 18.2 Å². The van der Waals surface area contributed by atoms with Crippen LogP contribution in [0.3, 0.4) is 0 Å². The molecule has 0 aliphatic heterocycles. The maximum Gasteiger partial charge on any atom is 0.220 e. The molecule has 24 heavy (non-hydrogen) atoms. The predicted octanol–water partition coefficient (Wildman–Crippen LogP) is 4.17. The molecule has 0 fully saturated rings. The van der Waals surface area contributed by atoms with Gasteiger partial charge in [-0.3, -0.25) is 4.79 Å². The van der Waals surface area contributed by atoms with E-state index in [2.05, 4.69) is 27.6 Å². The van der Waals surface area contributed by atoms with Gasteiger partial charge >= 0.3 is 0 Å². The Morgan fingerprint density at radius 2 is 2.21 bits per heavy atom. The predicted molar refractivity (Wildman–Crippen MR) is 103 cm³/mol. The summed E-state index contributed by atoms with van der Waals surface area (Å²) in [5.41, 5.74) is 1.95. The Balaban J connectivity index is 1.67. The molecule has 126 valence electrons. The van der Waals surface area contributed by atoms with Gasteiger partial charge < -0.3 is 10.3 Å². The second-order valence-electron chi connectivity index (χ2n) is 5.62. The van der Waals surface area contributed by atoms with Crippen LogP contribution in [0.5, 0.6) is 0 Å². The number of nitrogens with one attached hydrogen (secondary N) is 2. The van der Waals surface area contributed by atoms with E-state index in [0.717, 1.165) is 35.5 Å². The molecule has 1 atom stereocenters. The van der Waals surface area contributed by atoms with Gasteiger partial charge in [-0.25, -0.2) is 4.98 Å². The van der Waals surface area contributed by atoms with E-state index >= 15 is 0 Å². The lowest BCUT2D eigenvalue weighted by Gasteiger charge is -2.16. The molecule has 2 N–H and O–H groups in total. The monoisotopic (exact) mass is 359 g/mol. The van der Waals surface area contributed by atoms with Crippen LogP contribution in [0.25, 0.3) is 11.0 Å². The van der Waals surface area contributed by atoms with Gasteiger partial charge in [-0.15, -0.1) is 11.3 Å². The van der Waals surface area contributed by atoms with Gasteiger partial charge in [0.05, 0.1) is 17.1 Å². The van der Waals surface area contributed by atoms with Crippen molar-refractivity contribution in [2.75, 3.05) is 12.0 Å². The number of amides is 1. The summed E-state index contributed by atoms with van der Waals surface area (Å²) in [5.74, 6) is 1.90. The molecule has 0 spiro atoms. The lowest BCUT2D eigenvalue weighted by Crippen LogP contribution is -2.29. The zero-order valence-electron chi connectivity index (χ0n) is 13.6. The number of imidazole rings is 1. The number of aryl methyl sites for hydroxylation is 1. The van der Waals surface area contributed by atoms with Gasteiger partial charge in [0.15, 0.2) is 0 Å². The second-order valence-corrected chi connectivity index (χ2v) is 7.64. The van der Waals surface area contributed by atoms with E-state index in [1.807, 2.05) is 35.7 Å². The molecule has 2 heterocycles. The molecule has 1 unspecified atom stereocenters. The number of thiophene rings is 1. The highest BCUT2D eigenvalue weighted by Crippen LogP contribution is 2.20. The van der Waals surface area contributed by atoms with Crippen molar-refractivity contribution in [2.24, 2.45) is 0 Å². The zero-order valence-corrected chi connectivity index (χ0v) is 15.3. The van der Waals surface area contributed by atoms with Gasteiger partial charge in [0.2, 0.25) is 5.91 Å². The normalized spacial score (nSPS) is 12.4. The van der Waals surface area contributed by atoms with Crippen LogP contribution in [-0.4, -0.2) is 27.9 Å². The van der Waals surface area contributed by atoms with Crippen LogP contribution in [0.15, 0.2) is 41.8 Å². The summed E-state index contributed by atoms with van der Waals surface area (Å²) < 4.78 is 0. The Kier molecular flexibility index (Phi) is 5.93. The second kappa shape index (κ2) is 8.35. The number of carbonyl (C=O) groups excluding carboxylic acids is 1. The fourth-order valence-electron chi connectivity index (χ4n) is 2.61. The van der Waals surface area contributed by atoms with Gasteiger partial charge in [0.25, 0.3) is 0 Å². The first kappa shape index (κ1) is 17.0. The van der Waals surface area contributed by atoms with Gasteiger partial charge in [0.1, 0.15) is 5.82 Å². The molecule has 1 aromatic carbocycles. The minimum absolute atomic E-state index is 0.0688. The number of rotatable bonds is 8. The molecular weight excluding hydrogens is 338 g/mol. The summed E-state index contributed by atoms with van der Waals surface area (Å²) in [6.07, 6.45) is 4.25. The number of fused-ring (bicyclic) bond motifs is 1. The van der Waals surface area contributed by atoms with Crippen LogP contribution in [0.4, 0.5) is 0 Å². The average Bonchev–Trinajstić information content (AvgIpc) is 3.25. The third-order valence-electron chi connectivity index (χ3n) is 3.86. The first-order valence-electron chi connectivity index (χ1n) is 8.01. The van der Waals surface area contributed by atoms with Crippen LogP contribution in [0, 0.1) is 0 Å². The number of hydrogen-bond acceptors (Lipinski definition) is 4. The number of para-hydroxylation sites is 2. The van der Waals surface area contributed by atoms with Crippen LogP contribution >= 0.6 is 23.1 Å². The van der Waals surface area contributed by atoms with Gasteiger partial charge in [-0.05, 0) is 48.4 Å². The number of hydrogen-bond donors (Lipinski definition) is 2. The summed E-state index contributed by atoms with van der Waals surface area (Å²) >= 11 is 3.47. The van der Waals surface area contributed by atoms with E-state index in [1.165, 1.54) is 4.88 Å². The molecule has 1 amide bonds. The largest absolute Gasteiger partial charge is 0.346 e. The van der Waals surface area contributed by atoms with Crippen molar-refractivity contribution in [3.63, 3.8) is 0 Å². The van der Waals surface area contributed by atoms with E-state index in [1.54, 1.807) is 23.1 Å². The molecule has 4 nitrogen and oxygen atoms in total. The fraction of sp³-hybridized carbons (Fsp3) is 0.333. The molecule has 0 aliphatic carbocycles. The lowest BCUT2D eigenvalue weighted by atomic mass is 10.2. The lowest BCUT2D eigenvalue weighted by molar-refractivity contribution is -0.121. The molecule has 0 radical (unpaired) electrons. The average molecular weight is 360 g/mol. The minimum atomic E-state index is -0.0688. The van der Waals surface area contributed by atoms with Crippen molar-refractivity contribution in [1.29, 1.82) is 0 Å². The standard InChI is InChI=1S/C18H21N3OS2/c1-23-12-10-16(18-20-14-6-2-3-7-15(14)21-18)19-17(22)9-8-13-5-4-11-24-13/h2-7,11,16H,8-10,12H2,1H3,(H,19,22)(H,20,21). The SMILES string of the molecule is CSCCC(NC(=O)CCc1cccs1)c1nc2ccccc2[nH]1. The fourth-order valence-corrected chi connectivity index (χ4v) is 3.79. The van der Waals surface area contributed by atoms with E-state index in [4.69, 9.17) is 0 Å². The van der Waals surface area contributed by atoms with Crippen LogP contribution in [0.1, 0.15) is 29.6 Å². The quantitative estimate of drug-likeness (QED) is 0.635. The van der Waals surface area contributed by atoms with E-state index in [-0.39, 0.29) is 11.9 Å². The summed E-state index contributed by atoms with van der Waals surface area (Å²) in [4.78, 5) is 21.6. The third kappa shape index (κ3) is 4.39. The summed E-state index contributed by atoms with van der Waals surface area (Å²) in [5, 5.41) is 5.19. The van der Waals surface area contributed by atoms with E-state index < -0.39 is 0 Å². The van der Waals surface area contributed by atoms with Crippen molar-refractivity contribution >= 4 is 40.0 Å². The summed E-state index contributed by atoms with van der Waals surface area (Å²) in [6.45, 7) is 0. The van der Waals surface area contributed by atoms with Crippen LogP contribution < -0.4 is 5.32 Å². The van der Waals surface area contributed by atoms with Crippen LogP contribution in [-0.2, 0) is 11.2 Å². The third-order valence-corrected chi connectivity index (χ3v) is 5.44. The molecule has 0 bridgehead atoms. The smallest absolute Gasteiger partial charge is 0.220 e. The highest BCUT2D eigenvalue weighted by atomic mass is 32.2. The van der Waals surface area contributed by atoms with Gasteiger partial charge in [0, 0.05) is 11.3 Å². The number of H-pyrrole nitrogens is 1. The Morgan fingerprint density at radius 3 is 2.96 bits per heavy atom. The first-order chi connectivity index (χ1) is 11.8. The maximum atomic E-state index is 12.3. The Morgan fingerprint density at radius 1 is 1.33 bits per heavy atom. The maximum absolute atomic E-state index is 12.3. The molecule has 3 rings (SSSR count). The van der Waals surface area contributed by atoms with Gasteiger partial charge in [-0.2, -0.15) is 11.8 Å². The topological polar surface area (TPSA) is 57.8 Å². The zero-order chi connectivity index (χ0) is 16.8. The number of carbonyl (C=O) groups is 1. The number of nitrogens with zero attached hydrogens (tertiary/aromatic N) is 1. The minimum Gasteiger partial charge on any atom is -0.346 e. The summed E-state index contributed by atoms with van der Waals surface area (Å²) in [6, 6.07) is 12.0. The highest BCUT2D eigenvalue weighted by molar-refractivity contribution is 7.98. The number of aromatic amines is 1. The van der Waals surface area contributed by atoms with Crippen molar-refractivity contribution in [1.82, 2.24) is 15.3 Å². The number of thioether (sulfide) groups is 1. The highest BCUT2D eigenvalue weighted by Gasteiger charge is 2.18. The molecule has 0 saturated heterocycles. The van der Waals surface area contributed by atoms with Crippen molar-refractivity contribution < 1.29 is 4.79 Å². The Hall–Kier alpha value is -1.79. The van der Waals surface area contributed by atoms with E-state index in [9.17, 15) is 4.79 Å². The molecule has 3 aromatic rings. The first-order valence-corrected chi connectivity index (χ1v) is 10.3. The molecule has 0 saturated carbocycles. The van der Waals surface area contributed by atoms with Crippen molar-refractivity contribution in [3.8, 4) is 0 Å². The molecule has 6 heteroatoms. The molecule has 2 aromatic heterocycles. The molecular formula is C18H21N3OS2. The molecule has 0 aliphatic rings.